The Hall–Kier alpha value is -1.56. The number of aliphatic hydroxyl groups is 2. The molecule has 2 saturated heterocycles. The zero-order valence-corrected chi connectivity index (χ0v) is 25.3. The molecule has 15 atom stereocenters. The highest BCUT2D eigenvalue weighted by Crippen LogP contribution is 2.74. The Bertz CT molecular complexity index is 1160. The van der Waals surface area contributed by atoms with Crippen LogP contribution in [-0.4, -0.2) is 90.5 Å². The molecule has 234 valence electrons. The van der Waals surface area contributed by atoms with Crippen molar-refractivity contribution in [3.63, 3.8) is 0 Å². The Balaban J connectivity index is 1.09. The standard InChI is InChI=1S/C32H46O10/c1-15-24(35)26(37-5)27(40-16(2)33)29(39-15)41-19-8-10-30(3)18(13-19)6-7-21-23(30)25-28(42-25)31(4)20(9-11-32(21,31)36)17-12-22(34)38-14-17/h12,15,18-21,23-29,35-36H,6-11,13-14H2,1-5H3/t15-,18-,19+,20-,21-,23-,24+,25+,26+,27-,28+,29-,30-,31+,32+/m1/s1. The van der Waals surface area contributed by atoms with Crippen LogP contribution in [-0.2, 0) is 38.0 Å². The fraction of sp³-hybridized carbons (Fsp3) is 0.875. The maximum absolute atomic E-state index is 12.6. The summed E-state index contributed by atoms with van der Waals surface area (Å²) in [7, 11) is 1.49. The van der Waals surface area contributed by atoms with Gasteiger partial charge in [-0.3, -0.25) is 4.79 Å². The van der Waals surface area contributed by atoms with Crippen LogP contribution in [0.5, 0.6) is 0 Å². The number of rotatable bonds is 5. The van der Waals surface area contributed by atoms with Crippen LogP contribution in [0.3, 0.4) is 0 Å². The Labute approximate surface area is 247 Å². The summed E-state index contributed by atoms with van der Waals surface area (Å²) in [6.07, 6.45) is 3.87. The largest absolute Gasteiger partial charge is 0.458 e. The van der Waals surface area contributed by atoms with Crippen LogP contribution in [0.25, 0.3) is 0 Å². The van der Waals surface area contributed by atoms with Gasteiger partial charge in [0.25, 0.3) is 0 Å². The average Bonchev–Trinajstić information content (AvgIpc) is 3.54. The molecular weight excluding hydrogens is 544 g/mol. The molecule has 0 bridgehead atoms. The number of esters is 2. The van der Waals surface area contributed by atoms with Gasteiger partial charge in [0.15, 0.2) is 12.4 Å². The smallest absolute Gasteiger partial charge is 0.331 e. The van der Waals surface area contributed by atoms with Gasteiger partial charge in [0, 0.05) is 25.5 Å². The van der Waals surface area contributed by atoms with Crippen LogP contribution >= 0.6 is 0 Å². The van der Waals surface area contributed by atoms with Crippen molar-refractivity contribution < 1.29 is 48.2 Å². The highest BCUT2D eigenvalue weighted by molar-refractivity contribution is 5.85. The van der Waals surface area contributed by atoms with E-state index in [0.717, 1.165) is 50.5 Å². The van der Waals surface area contributed by atoms with Crippen molar-refractivity contribution in [3.05, 3.63) is 11.6 Å². The second-order valence-electron chi connectivity index (χ2n) is 14.6. The number of carbonyl (C=O) groups excluding carboxylic acids is 2. The molecule has 0 radical (unpaired) electrons. The predicted molar refractivity (Wildman–Crippen MR) is 147 cm³/mol. The van der Waals surface area contributed by atoms with Gasteiger partial charge in [-0.15, -0.1) is 0 Å². The molecule has 0 spiro atoms. The van der Waals surface area contributed by atoms with Crippen LogP contribution in [0, 0.1) is 34.5 Å². The van der Waals surface area contributed by atoms with Gasteiger partial charge in [0.1, 0.15) is 18.8 Å². The Morgan fingerprint density at radius 3 is 2.57 bits per heavy atom. The molecule has 4 aliphatic carbocycles. The molecule has 7 rings (SSSR count). The van der Waals surface area contributed by atoms with Crippen LogP contribution in [0.2, 0.25) is 0 Å². The molecule has 3 aliphatic heterocycles. The first-order valence-corrected chi connectivity index (χ1v) is 15.9. The molecule has 10 nitrogen and oxygen atoms in total. The molecule has 2 N–H and O–H groups in total. The summed E-state index contributed by atoms with van der Waals surface area (Å²) in [6, 6.07) is 0. The van der Waals surface area contributed by atoms with Gasteiger partial charge >= 0.3 is 11.9 Å². The number of hydrogen-bond donors (Lipinski definition) is 2. The predicted octanol–water partition coefficient (Wildman–Crippen LogP) is 2.67. The lowest BCUT2D eigenvalue weighted by Gasteiger charge is -2.62. The molecule has 4 saturated carbocycles. The van der Waals surface area contributed by atoms with Crippen molar-refractivity contribution in [2.45, 2.75) is 127 Å². The lowest BCUT2D eigenvalue weighted by Crippen LogP contribution is -2.65. The Morgan fingerprint density at radius 1 is 1.10 bits per heavy atom. The van der Waals surface area contributed by atoms with Gasteiger partial charge in [-0.1, -0.05) is 13.8 Å². The van der Waals surface area contributed by atoms with Gasteiger partial charge in [0.2, 0.25) is 0 Å². The monoisotopic (exact) mass is 590 g/mol. The van der Waals surface area contributed by atoms with E-state index in [0.29, 0.717) is 12.5 Å². The van der Waals surface area contributed by atoms with Crippen molar-refractivity contribution in [2.24, 2.45) is 34.5 Å². The number of cyclic esters (lactones) is 1. The maximum atomic E-state index is 12.6. The second kappa shape index (κ2) is 9.97. The molecule has 0 aromatic carbocycles. The van der Waals surface area contributed by atoms with Crippen LogP contribution in [0.15, 0.2) is 11.6 Å². The van der Waals surface area contributed by atoms with E-state index >= 15 is 0 Å². The van der Waals surface area contributed by atoms with Crippen molar-refractivity contribution >= 4 is 11.9 Å². The van der Waals surface area contributed by atoms with Crippen LogP contribution in [0.4, 0.5) is 0 Å². The summed E-state index contributed by atoms with van der Waals surface area (Å²) >= 11 is 0. The van der Waals surface area contributed by atoms with E-state index in [4.69, 9.17) is 28.4 Å². The van der Waals surface area contributed by atoms with Crippen LogP contribution in [0.1, 0.15) is 72.6 Å². The Kier molecular flexibility index (Phi) is 6.93. The number of ether oxygens (including phenoxy) is 6. The SMILES string of the molecule is CO[C@H]1[C@@H](O)[C@@H](C)O[C@H](O[C@H]2CC[C@]3(C)[C@H](CC[C@@H]4[C@@H]3[C@@H]3O[C@@H]3[C@]3(C)[C@@H](C5=CC(=O)OC5)CC[C@]43O)C2)[C@@H]1OC(C)=O. The molecule has 0 aromatic rings. The Morgan fingerprint density at radius 2 is 1.88 bits per heavy atom. The second-order valence-corrected chi connectivity index (χ2v) is 14.6. The zero-order chi connectivity index (χ0) is 29.8. The lowest BCUT2D eigenvalue weighted by atomic mass is 9.43. The fourth-order valence-electron chi connectivity index (χ4n) is 10.7. The summed E-state index contributed by atoms with van der Waals surface area (Å²) < 4.78 is 35.5. The molecule has 6 fully saturated rings. The van der Waals surface area contributed by atoms with E-state index in [9.17, 15) is 19.8 Å². The molecule has 0 aromatic heterocycles. The third kappa shape index (κ3) is 4.04. The molecule has 42 heavy (non-hydrogen) atoms. The van der Waals surface area contributed by atoms with Gasteiger partial charge in [-0.2, -0.15) is 0 Å². The van der Waals surface area contributed by atoms with Gasteiger partial charge in [0.05, 0.1) is 30.0 Å². The number of aliphatic hydroxyl groups excluding tert-OH is 1. The van der Waals surface area contributed by atoms with Crippen LogP contribution < -0.4 is 0 Å². The van der Waals surface area contributed by atoms with E-state index in [1.165, 1.54) is 14.0 Å². The third-order valence-corrected chi connectivity index (χ3v) is 12.9. The molecule has 0 unspecified atom stereocenters. The molecule has 3 heterocycles. The van der Waals surface area contributed by atoms with E-state index in [2.05, 4.69) is 13.8 Å². The average molecular weight is 591 g/mol. The van der Waals surface area contributed by atoms with Crippen molar-refractivity contribution in [3.8, 4) is 0 Å². The van der Waals surface area contributed by atoms with E-state index < -0.39 is 47.7 Å². The zero-order valence-electron chi connectivity index (χ0n) is 25.3. The number of methoxy groups -OCH3 is 1. The first-order valence-electron chi connectivity index (χ1n) is 15.9. The van der Waals surface area contributed by atoms with E-state index in [1.807, 2.05) is 0 Å². The molecule has 7 aliphatic rings. The van der Waals surface area contributed by atoms with Gasteiger partial charge < -0.3 is 38.6 Å². The summed E-state index contributed by atoms with van der Waals surface area (Å²) in [5.41, 5.74) is -0.249. The van der Waals surface area contributed by atoms with Crippen molar-refractivity contribution in [1.82, 2.24) is 0 Å². The number of epoxide rings is 1. The van der Waals surface area contributed by atoms with Crippen molar-refractivity contribution in [1.29, 1.82) is 0 Å². The van der Waals surface area contributed by atoms with E-state index in [1.54, 1.807) is 13.0 Å². The molecule has 10 heteroatoms. The van der Waals surface area contributed by atoms with Gasteiger partial charge in [-0.05, 0) is 86.5 Å². The minimum Gasteiger partial charge on any atom is -0.458 e. The third-order valence-electron chi connectivity index (χ3n) is 12.9. The summed E-state index contributed by atoms with van der Waals surface area (Å²) in [6.45, 7) is 8.02. The quantitative estimate of drug-likeness (QED) is 0.280. The maximum Gasteiger partial charge on any atom is 0.331 e. The lowest BCUT2D eigenvalue weighted by molar-refractivity contribution is -0.315. The summed E-state index contributed by atoms with van der Waals surface area (Å²) in [4.78, 5) is 23.8. The minimum atomic E-state index is -0.938. The summed E-state index contributed by atoms with van der Waals surface area (Å²) in [5, 5.41) is 23.2. The normalized spacial score (nSPS) is 54.5. The highest BCUT2D eigenvalue weighted by atomic mass is 16.7. The summed E-state index contributed by atoms with van der Waals surface area (Å²) in [5.74, 6) is 0.147. The number of carbonyl (C=O) groups is 2. The fourth-order valence-corrected chi connectivity index (χ4v) is 10.7. The number of fused-ring (bicyclic) bond motifs is 8. The highest BCUT2D eigenvalue weighted by Gasteiger charge is 2.79. The van der Waals surface area contributed by atoms with E-state index in [-0.39, 0.29) is 47.4 Å². The van der Waals surface area contributed by atoms with Crippen molar-refractivity contribution in [2.75, 3.05) is 13.7 Å². The van der Waals surface area contributed by atoms with Gasteiger partial charge in [-0.25, -0.2) is 4.79 Å². The number of hydrogen-bond acceptors (Lipinski definition) is 10. The first kappa shape index (κ1) is 29.2. The topological polar surface area (TPSA) is 133 Å². The first-order chi connectivity index (χ1) is 19.9. The molecular formula is C32H46O10. The minimum absolute atomic E-state index is 0.00427. The molecule has 0 amide bonds.